The fourth-order valence-electron chi connectivity index (χ4n) is 3.11. The van der Waals surface area contributed by atoms with E-state index in [1.807, 2.05) is 57.2 Å². The van der Waals surface area contributed by atoms with Gasteiger partial charge in [-0.15, -0.1) is 0 Å². The quantitative estimate of drug-likeness (QED) is 0.938. The average Bonchev–Trinajstić information content (AvgIpc) is 2.91. The van der Waals surface area contributed by atoms with E-state index in [0.717, 1.165) is 28.1 Å². The fraction of sp³-hybridized carbons (Fsp3) is 0.300. The van der Waals surface area contributed by atoms with Gasteiger partial charge in [0.15, 0.2) is 0 Å². The molecular formula is C20H22N2O2. The molecule has 3 rings (SSSR count). The number of rotatable bonds is 3. The number of benzene rings is 2. The van der Waals surface area contributed by atoms with E-state index in [2.05, 4.69) is 11.4 Å². The lowest BCUT2D eigenvalue weighted by Gasteiger charge is -2.19. The van der Waals surface area contributed by atoms with E-state index in [-0.39, 0.29) is 24.2 Å². The molecule has 0 saturated carbocycles. The van der Waals surface area contributed by atoms with Gasteiger partial charge in [0.1, 0.15) is 0 Å². The molecule has 24 heavy (non-hydrogen) atoms. The summed E-state index contributed by atoms with van der Waals surface area (Å²) in [6, 6.07) is 13.7. The van der Waals surface area contributed by atoms with Crippen LogP contribution in [0.2, 0.25) is 0 Å². The third kappa shape index (κ3) is 3.32. The highest BCUT2D eigenvalue weighted by molar-refractivity contribution is 6.03. The summed E-state index contributed by atoms with van der Waals surface area (Å²) in [5.41, 5.74) is 5.03. The Bertz CT molecular complexity index is 781. The number of carbonyl (C=O) groups excluding carboxylic acids is 2. The van der Waals surface area contributed by atoms with Crippen molar-refractivity contribution < 1.29 is 9.59 Å². The zero-order valence-corrected chi connectivity index (χ0v) is 14.3. The lowest BCUT2D eigenvalue weighted by molar-refractivity contribution is -0.122. The standard InChI is InChI=1S/C20H22N2O2/c1-13-4-7-17(8-5-13)21-20(24)16-11-19(23)22(12-16)18-9-6-14(2)10-15(18)3/h4-10,16H,11-12H2,1-3H3,(H,21,24). The highest BCUT2D eigenvalue weighted by atomic mass is 16.2. The predicted molar refractivity (Wildman–Crippen MR) is 96.2 cm³/mol. The number of hydrogen-bond acceptors (Lipinski definition) is 2. The maximum Gasteiger partial charge on any atom is 0.229 e. The Hall–Kier alpha value is -2.62. The number of carbonyl (C=O) groups is 2. The molecule has 1 aliphatic heterocycles. The molecule has 0 bridgehead atoms. The van der Waals surface area contributed by atoms with Gasteiger partial charge in [-0.1, -0.05) is 35.4 Å². The Morgan fingerprint density at radius 3 is 2.38 bits per heavy atom. The molecule has 1 atom stereocenters. The summed E-state index contributed by atoms with van der Waals surface area (Å²) < 4.78 is 0. The Morgan fingerprint density at radius 1 is 1.04 bits per heavy atom. The summed E-state index contributed by atoms with van der Waals surface area (Å²) >= 11 is 0. The molecule has 1 N–H and O–H groups in total. The average molecular weight is 322 g/mol. The number of nitrogens with zero attached hydrogens (tertiary/aromatic N) is 1. The van der Waals surface area contributed by atoms with Crippen LogP contribution >= 0.6 is 0 Å². The molecule has 0 aromatic heterocycles. The Morgan fingerprint density at radius 2 is 1.71 bits per heavy atom. The summed E-state index contributed by atoms with van der Waals surface area (Å²) in [6.07, 6.45) is 0.255. The van der Waals surface area contributed by atoms with Crippen molar-refractivity contribution in [2.45, 2.75) is 27.2 Å². The maximum absolute atomic E-state index is 12.5. The summed E-state index contributed by atoms with van der Waals surface area (Å²) in [4.78, 5) is 26.6. The summed E-state index contributed by atoms with van der Waals surface area (Å²) in [6.45, 7) is 6.46. The number of amides is 2. The highest BCUT2D eigenvalue weighted by Gasteiger charge is 2.35. The van der Waals surface area contributed by atoms with E-state index in [4.69, 9.17) is 0 Å². The van der Waals surface area contributed by atoms with Crippen LogP contribution in [0.5, 0.6) is 0 Å². The monoisotopic (exact) mass is 322 g/mol. The first-order valence-corrected chi connectivity index (χ1v) is 8.19. The molecule has 0 aliphatic carbocycles. The van der Waals surface area contributed by atoms with Gasteiger partial charge < -0.3 is 10.2 Å². The first kappa shape index (κ1) is 16.2. The number of nitrogens with one attached hydrogen (secondary N) is 1. The van der Waals surface area contributed by atoms with Crippen molar-refractivity contribution >= 4 is 23.2 Å². The molecule has 4 nitrogen and oxygen atoms in total. The van der Waals surface area contributed by atoms with Crippen molar-refractivity contribution in [3.63, 3.8) is 0 Å². The largest absolute Gasteiger partial charge is 0.326 e. The molecule has 2 aromatic carbocycles. The van der Waals surface area contributed by atoms with Crippen molar-refractivity contribution in [1.29, 1.82) is 0 Å². The zero-order chi connectivity index (χ0) is 17.3. The van der Waals surface area contributed by atoms with Crippen LogP contribution in [0.4, 0.5) is 11.4 Å². The van der Waals surface area contributed by atoms with E-state index in [1.165, 1.54) is 0 Å². The molecule has 124 valence electrons. The number of hydrogen-bond donors (Lipinski definition) is 1. The maximum atomic E-state index is 12.5. The van der Waals surface area contributed by atoms with Crippen LogP contribution in [0.15, 0.2) is 42.5 Å². The van der Waals surface area contributed by atoms with E-state index in [0.29, 0.717) is 6.54 Å². The predicted octanol–water partition coefficient (Wildman–Crippen LogP) is 3.60. The Balaban J connectivity index is 1.72. The van der Waals surface area contributed by atoms with Crippen molar-refractivity contribution in [3.8, 4) is 0 Å². The smallest absolute Gasteiger partial charge is 0.229 e. The van der Waals surface area contributed by atoms with E-state index in [1.54, 1.807) is 4.90 Å². The zero-order valence-electron chi connectivity index (χ0n) is 14.3. The minimum absolute atomic E-state index is 0.00556. The number of aryl methyl sites for hydroxylation is 3. The van der Waals surface area contributed by atoms with Crippen LogP contribution in [0.1, 0.15) is 23.1 Å². The topological polar surface area (TPSA) is 49.4 Å². The van der Waals surface area contributed by atoms with Crippen LogP contribution in [-0.4, -0.2) is 18.4 Å². The minimum Gasteiger partial charge on any atom is -0.326 e. The van der Waals surface area contributed by atoms with Crippen molar-refractivity contribution in [1.82, 2.24) is 0 Å². The van der Waals surface area contributed by atoms with Gasteiger partial charge in [0, 0.05) is 24.3 Å². The normalized spacial score (nSPS) is 17.2. The third-order valence-electron chi connectivity index (χ3n) is 4.46. The van der Waals surface area contributed by atoms with Crippen molar-refractivity contribution in [3.05, 3.63) is 59.2 Å². The first-order chi connectivity index (χ1) is 11.4. The molecule has 1 fully saturated rings. The fourth-order valence-corrected chi connectivity index (χ4v) is 3.11. The van der Waals surface area contributed by atoms with Crippen LogP contribution in [-0.2, 0) is 9.59 Å². The molecule has 0 spiro atoms. The SMILES string of the molecule is Cc1ccc(NC(=O)C2CC(=O)N(c3ccc(C)cc3C)C2)cc1. The molecule has 1 saturated heterocycles. The molecule has 2 amide bonds. The Labute approximate surface area is 142 Å². The van der Waals surface area contributed by atoms with Gasteiger partial charge in [0.25, 0.3) is 0 Å². The Kier molecular flexibility index (Phi) is 4.38. The van der Waals surface area contributed by atoms with E-state index < -0.39 is 0 Å². The van der Waals surface area contributed by atoms with E-state index >= 15 is 0 Å². The van der Waals surface area contributed by atoms with Gasteiger partial charge in [-0.05, 0) is 44.5 Å². The summed E-state index contributed by atoms with van der Waals surface area (Å²) in [7, 11) is 0. The molecule has 1 unspecified atom stereocenters. The second kappa shape index (κ2) is 6.48. The molecule has 2 aromatic rings. The number of anilines is 2. The lowest BCUT2D eigenvalue weighted by atomic mass is 10.1. The van der Waals surface area contributed by atoms with Gasteiger partial charge in [0.05, 0.1) is 5.92 Å². The van der Waals surface area contributed by atoms with E-state index in [9.17, 15) is 9.59 Å². The van der Waals surface area contributed by atoms with Crippen molar-refractivity contribution in [2.75, 3.05) is 16.8 Å². The second-order valence-electron chi connectivity index (χ2n) is 6.55. The van der Waals surface area contributed by atoms with Gasteiger partial charge in [-0.25, -0.2) is 0 Å². The summed E-state index contributed by atoms with van der Waals surface area (Å²) in [5, 5.41) is 2.91. The van der Waals surface area contributed by atoms with Gasteiger partial charge in [-0.3, -0.25) is 9.59 Å². The molecule has 1 aliphatic rings. The van der Waals surface area contributed by atoms with Crippen molar-refractivity contribution in [2.24, 2.45) is 5.92 Å². The third-order valence-corrected chi connectivity index (χ3v) is 4.46. The van der Waals surface area contributed by atoms with Crippen LogP contribution < -0.4 is 10.2 Å². The summed E-state index contributed by atoms with van der Waals surface area (Å²) in [5.74, 6) is -0.412. The molecular weight excluding hydrogens is 300 g/mol. The first-order valence-electron chi connectivity index (χ1n) is 8.19. The molecule has 4 heteroatoms. The van der Waals surface area contributed by atoms with Crippen LogP contribution in [0, 0.1) is 26.7 Å². The molecule has 0 radical (unpaired) electrons. The van der Waals surface area contributed by atoms with Gasteiger partial charge >= 0.3 is 0 Å². The lowest BCUT2D eigenvalue weighted by Crippen LogP contribution is -2.28. The molecule has 1 heterocycles. The second-order valence-corrected chi connectivity index (χ2v) is 6.55. The van der Waals surface area contributed by atoms with Gasteiger partial charge in [0.2, 0.25) is 11.8 Å². The van der Waals surface area contributed by atoms with Crippen LogP contribution in [0.25, 0.3) is 0 Å². The van der Waals surface area contributed by atoms with Gasteiger partial charge in [-0.2, -0.15) is 0 Å². The minimum atomic E-state index is -0.320. The highest BCUT2D eigenvalue weighted by Crippen LogP contribution is 2.29. The van der Waals surface area contributed by atoms with Crippen LogP contribution in [0.3, 0.4) is 0 Å².